The highest BCUT2D eigenvalue weighted by atomic mass is 15.2. The molecule has 1 rings (SSSR count). The average Bonchev–Trinajstić information content (AvgIpc) is 2.33. The van der Waals surface area contributed by atoms with Crippen LogP contribution >= 0.6 is 0 Å². The lowest BCUT2D eigenvalue weighted by molar-refractivity contribution is 0.101. The zero-order valence-corrected chi connectivity index (χ0v) is 13.0. The smallest absolute Gasteiger partial charge is 0.0221 e. The monoisotopic (exact) mass is 254 g/mol. The van der Waals surface area contributed by atoms with Gasteiger partial charge in [-0.25, -0.2) is 0 Å². The Morgan fingerprint density at radius 1 is 1.11 bits per heavy atom. The van der Waals surface area contributed by atoms with Crippen LogP contribution in [0.5, 0.6) is 0 Å². The Morgan fingerprint density at radius 3 is 2.44 bits per heavy atom. The Morgan fingerprint density at radius 2 is 1.83 bits per heavy atom. The average molecular weight is 254 g/mol. The van der Waals surface area contributed by atoms with E-state index in [9.17, 15) is 0 Å². The fourth-order valence-electron chi connectivity index (χ4n) is 3.30. The first-order chi connectivity index (χ1) is 8.71. The first-order valence-electron chi connectivity index (χ1n) is 8.18. The van der Waals surface area contributed by atoms with E-state index in [2.05, 4.69) is 37.9 Å². The van der Waals surface area contributed by atoms with Gasteiger partial charge in [0.1, 0.15) is 0 Å². The summed E-state index contributed by atoms with van der Waals surface area (Å²) >= 11 is 0. The Kier molecular flexibility index (Phi) is 7.92. The van der Waals surface area contributed by atoms with Crippen molar-refractivity contribution < 1.29 is 0 Å². The van der Waals surface area contributed by atoms with E-state index in [1.54, 1.807) is 0 Å². The highest BCUT2D eigenvalue weighted by Gasteiger charge is 2.27. The standard InChI is InChI=1S/C16H34N2/c1-5-8-14(4)12-18-13-15(9-6-2)17-11-16(18)10-7-3/h14-17H,5-13H2,1-4H3. The number of piperazine rings is 1. The Bertz CT molecular complexity index is 203. The molecule has 1 aliphatic rings. The maximum absolute atomic E-state index is 3.75. The zero-order valence-electron chi connectivity index (χ0n) is 13.0. The summed E-state index contributed by atoms with van der Waals surface area (Å²) in [6.45, 7) is 13.1. The fraction of sp³-hybridized carbons (Fsp3) is 1.00. The largest absolute Gasteiger partial charge is 0.311 e. The van der Waals surface area contributed by atoms with E-state index in [0.717, 1.165) is 18.0 Å². The molecule has 1 heterocycles. The van der Waals surface area contributed by atoms with Crippen LogP contribution in [0.1, 0.15) is 66.2 Å². The molecule has 0 bridgehead atoms. The van der Waals surface area contributed by atoms with Gasteiger partial charge in [-0.1, -0.05) is 47.0 Å². The topological polar surface area (TPSA) is 15.3 Å². The van der Waals surface area contributed by atoms with E-state index in [1.807, 2.05) is 0 Å². The van der Waals surface area contributed by atoms with Gasteiger partial charge in [-0.15, -0.1) is 0 Å². The fourth-order valence-corrected chi connectivity index (χ4v) is 3.30. The lowest BCUT2D eigenvalue weighted by Gasteiger charge is -2.41. The summed E-state index contributed by atoms with van der Waals surface area (Å²) in [5.41, 5.74) is 0. The molecular weight excluding hydrogens is 220 g/mol. The van der Waals surface area contributed by atoms with Crippen LogP contribution in [0.25, 0.3) is 0 Å². The van der Waals surface area contributed by atoms with Gasteiger partial charge in [0.2, 0.25) is 0 Å². The molecule has 1 saturated heterocycles. The van der Waals surface area contributed by atoms with Gasteiger partial charge < -0.3 is 5.32 Å². The molecule has 1 fully saturated rings. The number of nitrogens with zero attached hydrogens (tertiary/aromatic N) is 1. The second kappa shape index (κ2) is 8.92. The molecule has 108 valence electrons. The third kappa shape index (κ3) is 5.27. The van der Waals surface area contributed by atoms with Crippen LogP contribution in [-0.2, 0) is 0 Å². The van der Waals surface area contributed by atoms with Gasteiger partial charge in [-0.3, -0.25) is 4.90 Å². The van der Waals surface area contributed by atoms with E-state index in [0.29, 0.717) is 0 Å². The molecule has 0 saturated carbocycles. The van der Waals surface area contributed by atoms with Crippen molar-refractivity contribution in [3.05, 3.63) is 0 Å². The van der Waals surface area contributed by atoms with Crippen LogP contribution in [0.2, 0.25) is 0 Å². The molecule has 0 radical (unpaired) electrons. The highest BCUT2D eigenvalue weighted by molar-refractivity contribution is 4.86. The molecule has 2 nitrogen and oxygen atoms in total. The van der Waals surface area contributed by atoms with Gasteiger partial charge in [0.05, 0.1) is 0 Å². The molecule has 3 unspecified atom stereocenters. The SMILES string of the molecule is CCCC(C)CN1CC(CCC)NCC1CCC. The summed E-state index contributed by atoms with van der Waals surface area (Å²) in [4.78, 5) is 2.78. The molecule has 0 aromatic carbocycles. The third-order valence-electron chi connectivity index (χ3n) is 4.20. The van der Waals surface area contributed by atoms with Gasteiger partial charge in [0.15, 0.2) is 0 Å². The molecule has 0 aromatic heterocycles. The molecule has 3 atom stereocenters. The maximum Gasteiger partial charge on any atom is 0.0221 e. The van der Waals surface area contributed by atoms with Crippen molar-refractivity contribution in [1.82, 2.24) is 10.2 Å². The van der Waals surface area contributed by atoms with Crippen LogP contribution in [0, 0.1) is 5.92 Å². The van der Waals surface area contributed by atoms with E-state index in [1.165, 1.54) is 58.2 Å². The van der Waals surface area contributed by atoms with E-state index < -0.39 is 0 Å². The minimum Gasteiger partial charge on any atom is -0.311 e. The molecule has 0 spiro atoms. The summed E-state index contributed by atoms with van der Waals surface area (Å²) in [5.74, 6) is 0.856. The number of nitrogens with one attached hydrogen (secondary N) is 1. The second-order valence-corrected chi connectivity index (χ2v) is 6.18. The minimum atomic E-state index is 0.733. The molecule has 1 N–H and O–H groups in total. The summed E-state index contributed by atoms with van der Waals surface area (Å²) in [5, 5.41) is 3.75. The molecule has 0 aliphatic carbocycles. The molecule has 1 aliphatic heterocycles. The number of hydrogen-bond donors (Lipinski definition) is 1. The van der Waals surface area contributed by atoms with Gasteiger partial charge in [0, 0.05) is 31.7 Å². The van der Waals surface area contributed by atoms with Gasteiger partial charge in [-0.05, 0) is 25.2 Å². The van der Waals surface area contributed by atoms with Crippen molar-refractivity contribution in [2.24, 2.45) is 5.92 Å². The Balaban J connectivity index is 2.48. The molecule has 0 amide bonds. The number of rotatable bonds is 8. The summed E-state index contributed by atoms with van der Waals surface area (Å²) in [6, 6.07) is 1.51. The summed E-state index contributed by atoms with van der Waals surface area (Å²) in [6.07, 6.45) is 7.99. The van der Waals surface area contributed by atoms with Gasteiger partial charge in [0.25, 0.3) is 0 Å². The van der Waals surface area contributed by atoms with Crippen LogP contribution in [-0.4, -0.2) is 36.6 Å². The van der Waals surface area contributed by atoms with Gasteiger partial charge in [-0.2, -0.15) is 0 Å². The summed E-state index contributed by atoms with van der Waals surface area (Å²) < 4.78 is 0. The highest BCUT2D eigenvalue weighted by Crippen LogP contribution is 2.18. The van der Waals surface area contributed by atoms with Crippen molar-refractivity contribution in [2.45, 2.75) is 78.3 Å². The van der Waals surface area contributed by atoms with Crippen molar-refractivity contribution in [3.8, 4) is 0 Å². The van der Waals surface area contributed by atoms with Crippen molar-refractivity contribution in [3.63, 3.8) is 0 Å². The predicted octanol–water partition coefficient (Wildman–Crippen LogP) is 3.67. The van der Waals surface area contributed by atoms with Crippen molar-refractivity contribution in [2.75, 3.05) is 19.6 Å². The van der Waals surface area contributed by atoms with E-state index in [-0.39, 0.29) is 0 Å². The molecule has 2 heteroatoms. The van der Waals surface area contributed by atoms with Crippen LogP contribution in [0.15, 0.2) is 0 Å². The molecule has 18 heavy (non-hydrogen) atoms. The summed E-state index contributed by atoms with van der Waals surface area (Å²) in [7, 11) is 0. The van der Waals surface area contributed by atoms with Crippen LogP contribution in [0.3, 0.4) is 0 Å². The zero-order chi connectivity index (χ0) is 13.4. The predicted molar refractivity (Wildman–Crippen MR) is 81.0 cm³/mol. The van der Waals surface area contributed by atoms with E-state index >= 15 is 0 Å². The first kappa shape index (κ1) is 16.0. The third-order valence-corrected chi connectivity index (χ3v) is 4.20. The quantitative estimate of drug-likeness (QED) is 0.711. The second-order valence-electron chi connectivity index (χ2n) is 6.18. The van der Waals surface area contributed by atoms with Crippen molar-refractivity contribution >= 4 is 0 Å². The minimum absolute atomic E-state index is 0.733. The maximum atomic E-state index is 3.75. The Labute approximate surface area is 115 Å². The molecule has 0 aromatic rings. The lowest BCUT2D eigenvalue weighted by atomic mass is 9.98. The molecular formula is C16H34N2. The number of hydrogen-bond acceptors (Lipinski definition) is 2. The van der Waals surface area contributed by atoms with Crippen molar-refractivity contribution in [1.29, 1.82) is 0 Å². The lowest BCUT2D eigenvalue weighted by Crippen LogP contribution is -2.57. The van der Waals surface area contributed by atoms with Crippen LogP contribution in [0.4, 0.5) is 0 Å². The van der Waals surface area contributed by atoms with Crippen LogP contribution < -0.4 is 5.32 Å². The van der Waals surface area contributed by atoms with Gasteiger partial charge >= 0.3 is 0 Å². The normalized spacial score (nSPS) is 27.3. The van der Waals surface area contributed by atoms with E-state index in [4.69, 9.17) is 0 Å². The Hall–Kier alpha value is -0.0800. The first-order valence-corrected chi connectivity index (χ1v) is 8.18.